The van der Waals surface area contributed by atoms with E-state index in [1.807, 2.05) is 48.9 Å². The predicted octanol–water partition coefficient (Wildman–Crippen LogP) is 15.1. The zero-order chi connectivity index (χ0) is 54.7. The molecular weight excluding hydrogens is 1150 g/mol. The number of rotatable bonds is 13. The van der Waals surface area contributed by atoms with Crippen molar-refractivity contribution in [1.82, 2.24) is 44.3 Å². The molecule has 8 heterocycles. The van der Waals surface area contributed by atoms with Gasteiger partial charge in [-0.05, 0) is 137 Å². The lowest BCUT2D eigenvalue weighted by Gasteiger charge is -2.05. The van der Waals surface area contributed by atoms with Crippen LogP contribution in [0.25, 0.3) is 73.8 Å². The molecule has 8 aromatic heterocycles. The third kappa shape index (κ3) is 11.5. The number of H-pyrrole nitrogens is 3. The zero-order valence-corrected chi connectivity index (χ0v) is 46.9. The molecular formula is C59H46BrCl2N9O6S2. The third-order valence-electron chi connectivity index (χ3n) is 12.9. The zero-order valence-electron chi connectivity index (χ0n) is 42.2. The van der Waals surface area contributed by atoms with Gasteiger partial charge in [-0.2, -0.15) is 15.3 Å². The lowest BCUT2D eigenvalue weighted by Crippen LogP contribution is -2.04. The average molecular weight is 1190 g/mol. The predicted molar refractivity (Wildman–Crippen MR) is 317 cm³/mol. The van der Waals surface area contributed by atoms with E-state index in [4.69, 9.17) is 37.8 Å². The Kier molecular flexibility index (Phi) is 15.4. The number of hydrogen-bond acceptors (Lipinski definition) is 10. The first-order valence-corrected chi connectivity index (χ1v) is 28.1. The number of aromatic carboxylic acids is 1. The molecule has 0 saturated heterocycles. The van der Waals surface area contributed by atoms with Gasteiger partial charge in [0.1, 0.15) is 0 Å². The molecule has 13 rings (SSSR count). The van der Waals surface area contributed by atoms with Crippen LogP contribution in [-0.2, 0) is 29.1 Å². The summed E-state index contributed by atoms with van der Waals surface area (Å²) in [6, 6.07) is 46.5. The summed E-state index contributed by atoms with van der Waals surface area (Å²) in [6.45, 7) is 5.94. The van der Waals surface area contributed by atoms with Crippen molar-refractivity contribution in [3.63, 3.8) is 0 Å². The number of esters is 2. The molecule has 15 nitrogen and oxygen atoms in total. The Morgan fingerprint density at radius 1 is 0.519 bits per heavy atom. The summed E-state index contributed by atoms with van der Waals surface area (Å²) in [5.74, 6) is -1.85. The molecule has 0 aliphatic heterocycles. The van der Waals surface area contributed by atoms with Crippen molar-refractivity contribution in [3.8, 4) is 20.9 Å². The monoisotopic (exact) mass is 1190 g/mol. The van der Waals surface area contributed by atoms with E-state index in [1.165, 1.54) is 10.3 Å². The van der Waals surface area contributed by atoms with Crippen molar-refractivity contribution < 1.29 is 29.0 Å². The Labute approximate surface area is 477 Å². The van der Waals surface area contributed by atoms with Gasteiger partial charge in [0.15, 0.2) is 17.1 Å². The normalized spacial score (nSPS) is 11.3. The van der Waals surface area contributed by atoms with Crippen molar-refractivity contribution in [2.75, 3.05) is 13.2 Å². The van der Waals surface area contributed by atoms with Gasteiger partial charge in [0.05, 0.1) is 69.4 Å². The van der Waals surface area contributed by atoms with E-state index >= 15 is 0 Å². The summed E-state index contributed by atoms with van der Waals surface area (Å²) < 4.78 is 19.5. The Bertz CT molecular complexity index is 4390. The molecule has 0 radical (unpaired) electrons. The van der Waals surface area contributed by atoms with Gasteiger partial charge in [-0.25, -0.2) is 14.4 Å². The minimum atomic E-state index is -1.04. The number of carboxylic acids is 1. The van der Waals surface area contributed by atoms with Gasteiger partial charge in [0.2, 0.25) is 0 Å². The molecule has 0 fully saturated rings. The molecule has 396 valence electrons. The molecule has 4 N–H and O–H groups in total. The second-order valence-corrected chi connectivity index (χ2v) is 22.0. The number of carbonyl (C=O) groups is 3. The van der Waals surface area contributed by atoms with E-state index in [2.05, 4.69) is 151 Å². The summed E-state index contributed by atoms with van der Waals surface area (Å²) in [7, 11) is 0. The standard InChI is InChI=1S/C23H18ClN3O2S.C21H14ClN3O2S.C15H14BrN3O2/c1-2-29-23(28)19-12-17(25-26-19)13-27-9-8-14-6-7-15(10-20(14)27)21-11-16-4-3-5-18(24)22(16)30-21;22-16-3-1-2-14-9-19(28-20(14)16)13-5-4-12-6-7-25(18(12)8-13)11-15-10-17(21(26)27)24-23-15;1-2-21-15(20)13-8-12(17-18-13)9-19-6-5-10-3-4-11(16)7-14(10)19/h3-12H,2,13H2,1H3,(H,25,26);1-10H,11H2,(H,23,24)(H,26,27);3-8H,2,9H2,1H3,(H,17,18). The minimum Gasteiger partial charge on any atom is -0.476 e. The number of nitrogens with zero attached hydrogens (tertiary/aromatic N) is 6. The maximum absolute atomic E-state index is 11.9. The Morgan fingerprint density at radius 3 is 1.33 bits per heavy atom. The molecule has 0 atom stereocenters. The van der Waals surface area contributed by atoms with Gasteiger partial charge in [0.25, 0.3) is 0 Å². The van der Waals surface area contributed by atoms with Crippen molar-refractivity contribution >= 4 is 133 Å². The first-order chi connectivity index (χ1) is 38.4. The second-order valence-electron chi connectivity index (χ2n) is 18.2. The van der Waals surface area contributed by atoms with Crippen LogP contribution >= 0.6 is 61.8 Å². The molecule has 0 spiro atoms. The molecule has 13 aromatic rings. The SMILES string of the molecule is CCOC(=O)c1cc(Cn2ccc3ccc(-c4cc5cccc(Cl)c5s4)cc32)[nH]n1.CCOC(=O)c1cc(Cn2ccc3ccc(Br)cc32)[nH]n1.O=C(O)c1cc(Cn2ccc3ccc(-c4cc5cccc(Cl)c5s4)cc32)[nH]n1. The number of hydrogen-bond donors (Lipinski definition) is 4. The fourth-order valence-corrected chi connectivity index (χ4v) is 12.3. The highest BCUT2D eigenvalue weighted by Gasteiger charge is 2.16. The van der Waals surface area contributed by atoms with Gasteiger partial charge in [0, 0.05) is 49.4 Å². The van der Waals surface area contributed by atoms with Crippen LogP contribution < -0.4 is 0 Å². The fraction of sp³-hybridized carbons (Fsp3) is 0.119. The summed E-state index contributed by atoms with van der Waals surface area (Å²) in [4.78, 5) is 36.8. The van der Waals surface area contributed by atoms with E-state index in [-0.39, 0.29) is 5.69 Å². The van der Waals surface area contributed by atoms with Crippen molar-refractivity contribution in [2.45, 2.75) is 33.5 Å². The number of carbonyl (C=O) groups excluding carboxylic acids is 2. The van der Waals surface area contributed by atoms with Crippen molar-refractivity contribution in [1.29, 1.82) is 0 Å². The van der Waals surface area contributed by atoms with E-state index in [0.29, 0.717) is 44.2 Å². The first kappa shape index (κ1) is 52.8. The fourth-order valence-electron chi connectivity index (χ4n) is 9.19. The minimum absolute atomic E-state index is 0.0225. The Hall–Kier alpha value is -8.26. The molecule has 0 aliphatic rings. The molecule has 5 aromatic carbocycles. The van der Waals surface area contributed by atoms with Crippen LogP contribution in [0.4, 0.5) is 0 Å². The van der Waals surface area contributed by atoms with Gasteiger partial charge in [-0.15, -0.1) is 22.7 Å². The summed E-state index contributed by atoms with van der Waals surface area (Å²) in [5, 5.41) is 36.8. The lowest BCUT2D eigenvalue weighted by molar-refractivity contribution is 0.0510. The van der Waals surface area contributed by atoms with Gasteiger partial charge >= 0.3 is 17.9 Å². The second kappa shape index (κ2) is 23.0. The van der Waals surface area contributed by atoms with Crippen LogP contribution in [-0.4, -0.2) is 80.5 Å². The van der Waals surface area contributed by atoms with Crippen LogP contribution in [0.5, 0.6) is 0 Å². The highest BCUT2D eigenvalue weighted by molar-refractivity contribution is 9.10. The van der Waals surface area contributed by atoms with E-state index < -0.39 is 17.9 Å². The van der Waals surface area contributed by atoms with Gasteiger partial charge in [-0.1, -0.05) is 93.7 Å². The number of ether oxygens (including phenoxy) is 2. The molecule has 0 aliphatic carbocycles. The number of fused-ring (bicyclic) bond motifs is 5. The molecule has 0 unspecified atom stereocenters. The first-order valence-electron chi connectivity index (χ1n) is 24.9. The largest absolute Gasteiger partial charge is 0.476 e. The quantitative estimate of drug-likeness (QED) is 0.0814. The average Bonchev–Trinajstić information content (AvgIpc) is 4.32. The lowest BCUT2D eigenvalue weighted by atomic mass is 10.1. The van der Waals surface area contributed by atoms with Gasteiger partial charge < -0.3 is 28.3 Å². The van der Waals surface area contributed by atoms with E-state index in [9.17, 15) is 14.4 Å². The molecule has 20 heteroatoms. The van der Waals surface area contributed by atoms with Crippen LogP contribution in [0.1, 0.15) is 62.4 Å². The summed E-state index contributed by atoms with van der Waals surface area (Å²) >= 11 is 19.6. The highest BCUT2D eigenvalue weighted by Crippen LogP contribution is 2.40. The maximum Gasteiger partial charge on any atom is 0.358 e. The van der Waals surface area contributed by atoms with Crippen LogP contribution in [0.15, 0.2) is 163 Å². The number of halogens is 3. The number of nitrogens with one attached hydrogen (secondary N) is 3. The number of aromatic amines is 3. The summed E-state index contributed by atoms with van der Waals surface area (Å²) in [6.07, 6.45) is 6.06. The topological polar surface area (TPSA) is 191 Å². The van der Waals surface area contributed by atoms with Crippen LogP contribution in [0.3, 0.4) is 0 Å². The highest BCUT2D eigenvalue weighted by atomic mass is 79.9. The molecule has 0 bridgehead atoms. The number of aromatic nitrogens is 9. The van der Waals surface area contributed by atoms with Gasteiger partial charge in [-0.3, -0.25) is 15.3 Å². The maximum atomic E-state index is 11.9. The number of carboxylic acid groups (broad SMARTS) is 1. The van der Waals surface area contributed by atoms with Crippen LogP contribution in [0.2, 0.25) is 10.0 Å². The molecule has 0 saturated carbocycles. The molecule has 0 amide bonds. The Balaban J connectivity index is 0.000000127. The molecule has 79 heavy (non-hydrogen) atoms. The van der Waals surface area contributed by atoms with Crippen molar-refractivity contribution in [2.24, 2.45) is 0 Å². The number of thiophene rings is 2. The summed E-state index contributed by atoms with van der Waals surface area (Å²) in [5.41, 5.74) is 8.66. The van der Waals surface area contributed by atoms with E-state index in [0.717, 1.165) is 95.1 Å². The van der Waals surface area contributed by atoms with E-state index in [1.54, 1.807) is 54.7 Å². The number of benzene rings is 5. The third-order valence-corrected chi connectivity index (χ3v) is 16.8. The van der Waals surface area contributed by atoms with Crippen molar-refractivity contribution in [3.05, 3.63) is 207 Å². The Morgan fingerprint density at radius 2 is 0.924 bits per heavy atom. The smallest absolute Gasteiger partial charge is 0.358 e. The van der Waals surface area contributed by atoms with Crippen LogP contribution in [0, 0.1) is 0 Å².